The number of ketones is 1. The zero-order chi connectivity index (χ0) is 12.7. The van der Waals surface area contributed by atoms with Crippen LogP contribution in [0.2, 0.25) is 0 Å². The molecule has 1 atom stereocenters. The number of carbonyl (C=O) groups excluding carboxylic acids is 1. The average molecular weight is 248 g/mol. The van der Waals surface area contributed by atoms with Gasteiger partial charge in [0, 0.05) is 26.4 Å². The number of rotatable bonds is 1. The fourth-order valence-corrected chi connectivity index (χ4v) is 2.24. The van der Waals surface area contributed by atoms with Gasteiger partial charge in [0.1, 0.15) is 17.6 Å². The molecule has 3 rings (SSSR count). The third-order valence-electron chi connectivity index (χ3n) is 3.17. The number of carbonyl (C=O) groups is 1. The Morgan fingerprint density at radius 3 is 3.06 bits per heavy atom. The number of fused-ring (bicyclic) bond motifs is 1. The van der Waals surface area contributed by atoms with Crippen molar-refractivity contribution in [2.45, 2.75) is 18.9 Å². The topological polar surface area (TPSA) is 90.0 Å². The Balaban J connectivity index is 2.16. The summed E-state index contributed by atoms with van der Waals surface area (Å²) in [4.78, 5) is 31.1. The summed E-state index contributed by atoms with van der Waals surface area (Å²) in [6.45, 7) is 0.626. The van der Waals surface area contributed by atoms with Crippen molar-refractivity contribution in [3.63, 3.8) is 0 Å². The van der Waals surface area contributed by atoms with Gasteiger partial charge in [-0.15, -0.1) is 0 Å². The summed E-state index contributed by atoms with van der Waals surface area (Å²) in [5.41, 5.74) is 1.45. The van der Waals surface area contributed by atoms with Crippen molar-refractivity contribution < 1.29 is 9.21 Å². The van der Waals surface area contributed by atoms with Gasteiger partial charge in [-0.1, -0.05) is 0 Å². The molecule has 0 amide bonds. The van der Waals surface area contributed by atoms with Gasteiger partial charge in [-0.05, 0) is 0 Å². The maximum atomic E-state index is 11.5. The summed E-state index contributed by atoms with van der Waals surface area (Å²) in [7, 11) is 1.60. The van der Waals surface area contributed by atoms with E-state index in [-0.39, 0.29) is 17.5 Å². The Morgan fingerprint density at radius 1 is 1.44 bits per heavy atom. The Morgan fingerprint density at radius 2 is 2.28 bits per heavy atom. The second-order valence-electron chi connectivity index (χ2n) is 4.34. The summed E-state index contributed by atoms with van der Waals surface area (Å²) in [5.74, 6) is -0.284. The number of piperidine rings is 1. The second kappa shape index (κ2) is 4.02. The van der Waals surface area contributed by atoms with Crippen molar-refractivity contribution >= 4 is 17.0 Å². The predicted molar refractivity (Wildman–Crippen MR) is 62.0 cm³/mol. The third-order valence-corrected chi connectivity index (χ3v) is 3.17. The summed E-state index contributed by atoms with van der Waals surface area (Å²) >= 11 is 0. The zero-order valence-electron chi connectivity index (χ0n) is 9.84. The SMILES string of the molecule is Cn1c(=O)oc2ncnc(C3CC(=O)CCN3)c21. The molecule has 7 nitrogen and oxygen atoms in total. The monoisotopic (exact) mass is 248 g/mol. The van der Waals surface area contributed by atoms with Gasteiger partial charge in [-0.3, -0.25) is 9.36 Å². The first kappa shape index (κ1) is 11.1. The van der Waals surface area contributed by atoms with Crippen molar-refractivity contribution in [3.8, 4) is 0 Å². The van der Waals surface area contributed by atoms with E-state index < -0.39 is 5.76 Å². The van der Waals surface area contributed by atoms with Gasteiger partial charge >= 0.3 is 5.76 Å². The third kappa shape index (κ3) is 1.63. The molecule has 0 bridgehead atoms. The Labute approximate surface area is 102 Å². The lowest BCUT2D eigenvalue weighted by Crippen LogP contribution is -2.32. The lowest BCUT2D eigenvalue weighted by atomic mass is 10.00. The van der Waals surface area contributed by atoms with Crippen LogP contribution in [0.1, 0.15) is 24.6 Å². The molecule has 94 valence electrons. The van der Waals surface area contributed by atoms with Crippen molar-refractivity contribution in [3.05, 3.63) is 22.6 Å². The molecule has 1 aliphatic rings. The van der Waals surface area contributed by atoms with Crippen molar-refractivity contribution in [2.75, 3.05) is 6.54 Å². The van der Waals surface area contributed by atoms with Crippen molar-refractivity contribution in [2.24, 2.45) is 7.05 Å². The fourth-order valence-electron chi connectivity index (χ4n) is 2.24. The molecule has 18 heavy (non-hydrogen) atoms. The quantitative estimate of drug-likeness (QED) is 0.758. The summed E-state index contributed by atoms with van der Waals surface area (Å²) < 4.78 is 6.37. The van der Waals surface area contributed by atoms with E-state index in [4.69, 9.17) is 4.42 Å². The maximum Gasteiger partial charge on any atom is 0.421 e. The number of hydrogen-bond acceptors (Lipinski definition) is 6. The van der Waals surface area contributed by atoms with Crippen LogP contribution in [-0.4, -0.2) is 26.9 Å². The Kier molecular flexibility index (Phi) is 2.48. The molecule has 0 spiro atoms. The van der Waals surface area contributed by atoms with Gasteiger partial charge in [-0.2, -0.15) is 4.98 Å². The van der Waals surface area contributed by atoms with Crippen LogP contribution in [0.5, 0.6) is 0 Å². The lowest BCUT2D eigenvalue weighted by molar-refractivity contribution is -0.120. The number of aromatic nitrogens is 3. The standard InChI is InChI=1S/C11H12N4O3/c1-15-9-8(7-4-6(16)2-3-12-7)13-5-14-10(9)18-11(15)17/h5,7,12H,2-4H2,1H3. The van der Waals surface area contributed by atoms with Gasteiger partial charge in [0.05, 0.1) is 11.7 Å². The van der Waals surface area contributed by atoms with Gasteiger partial charge in [0.25, 0.3) is 5.71 Å². The molecule has 0 saturated carbocycles. The van der Waals surface area contributed by atoms with E-state index in [2.05, 4.69) is 15.3 Å². The molecule has 1 N–H and O–H groups in total. The second-order valence-corrected chi connectivity index (χ2v) is 4.34. The van der Waals surface area contributed by atoms with Gasteiger partial charge < -0.3 is 9.73 Å². The van der Waals surface area contributed by atoms with E-state index in [9.17, 15) is 9.59 Å². The first-order valence-corrected chi connectivity index (χ1v) is 5.72. The largest absolute Gasteiger partial charge is 0.421 e. The number of aryl methyl sites for hydroxylation is 1. The van der Waals surface area contributed by atoms with Crippen LogP contribution in [0.15, 0.2) is 15.5 Å². The van der Waals surface area contributed by atoms with E-state index in [1.54, 1.807) is 7.05 Å². The molecule has 1 saturated heterocycles. The van der Waals surface area contributed by atoms with E-state index in [0.717, 1.165) is 0 Å². The normalized spacial score (nSPS) is 20.5. The number of oxazole rings is 1. The molecule has 1 aliphatic heterocycles. The Hall–Kier alpha value is -2.02. The number of nitrogens with zero attached hydrogens (tertiary/aromatic N) is 3. The number of Topliss-reactive ketones (excluding diaryl/α,β-unsaturated/α-hetero) is 1. The Bertz CT molecular complexity index is 672. The van der Waals surface area contributed by atoms with Gasteiger partial charge in [0.2, 0.25) is 0 Å². The van der Waals surface area contributed by atoms with Gasteiger partial charge in [0.15, 0.2) is 0 Å². The van der Waals surface area contributed by atoms with Crippen molar-refractivity contribution in [1.82, 2.24) is 19.9 Å². The molecule has 3 heterocycles. The minimum absolute atomic E-state index is 0.181. The molecular weight excluding hydrogens is 236 g/mol. The fraction of sp³-hybridized carbons (Fsp3) is 0.455. The zero-order valence-corrected chi connectivity index (χ0v) is 9.84. The van der Waals surface area contributed by atoms with E-state index in [1.165, 1.54) is 10.9 Å². The highest BCUT2D eigenvalue weighted by Crippen LogP contribution is 2.24. The number of nitrogens with one attached hydrogen (secondary N) is 1. The van der Waals surface area contributed by atoms with Crippen molar-refractivity contribution in [1.29, 1.82) is 0 Å². The minimum atomic E-state index is -0.478. The van der Waals surface area contributed by atoms with E-state index in [0.29, 0.717) is 30.6 Å². The van der Waals surface area contributed by atoms with Crippen LogP contribution in [0.25, 0.3) is 11.2 Å². The molecule has 0 aromatic carbocycles. The minimum Gasteiger partial charge on any atom is -0.388 e. The molecule has 0 aliphatic carbocycles. The van der Waals surface area contributed by atoms with Crippen LogP contribution in [0.3, 0.4) is 0 Å². The molecule has 0 radical (unpaired) electrons. The summed E-state index contributed by atoms with van der Waals surface area (Å²) in [5, 5.41) is 3.23. The molecule has 7 heteroatoms. The first-order valence-electron chi connectivity index (χ1n) is 5.72. The highest BCUT2D eigenvalue weighted by molar-refractivity contribution is 5.81. The number of hydrogen-bond donors (Lipinski definition) is 1. The van der Waals surface area contributed by atoms with Crippen LogP contribution in [0.4, 0.5) is 0 Å². The highest BCUT2D eigenvalue weighted by Gasteiger charge is 2.25. The molecule has 1 unspecified atom stereocenters. The summed E-state index contributed by atoms with van der Waals surface area (Å²) in [6, 6.07) is -0.181. The predicted octanol–water partition coefficient (Wildman–Crippen LogP) is -0.0849. The molecule has 2 aromatic rings. The highest BCUT2D eigenvalue weighted by atomic mass is 16.4. The van der Waals surface area contributed by atoms with Crippen LogP contribution in [-0.2, 0) is 11.8 Å². The average Bonchev–Trinajstić information content (AvgIpc) is 2.65. The molecule has 2 aromatic heterocycles. The smallest absolute Gasteiger partial charge is 0.388 e. The lowest BCUT2D eigenvalue weighted by Gasteiger charge is -2.22. The van der Waals surface area contributed by atoms with E-state index in [1.807, 2.05) is 0 Å². The van der Waals surface area contributed by atoms with E-state index >= 15 is 0 Å². The molecular formula is C11H12N4O3. The summed E-state index contributed by atoms with van der Waals surface area (Å²) in [6.07, 6.45) is 2.27. The molecule has 1 fully saturated rings. The maximum absolute atomic E-state index is 11.5. The van der Waals surface area contributed by atoms with Crippen LogP contribution >= 0.6 is 0 Å². The van der Waals surface area contributed by atoms with Gasteiger partial charge in [-0.25, -0.2) is 9.78 Å². The van der Waals surface area contributed by atoms with Crippen LogP contribution in [0, 0.1) is 0 Å². The first-order chi connectivity index (χ1) is 8.66. The van der Waals surface area contributed by atoms with Crippen LogP contribution < -0.4 is 11.1 Å².